The molecule has 0 saturated heterocycles. The van der Waals surface area contributed by atoms with Crippen LogP contribution in [0.25, 0.3) is 99.9 Å². The summed E-state index contributed by atoms with van der Waals surface area (Å²) in [6.07, 6.45) is 0. The van der Waals surface area contributed by atoms with Crippen molar-refractivity contribution in [1.82, 2.24) is 15.0 Å². The van der Waals surface area contributed by atoms with Crippen molar-refractivity contribution in [2.45, 2.75) is 0 Å². The first-order valence-electron chi connectivity index (χ1n) is 18.3. The normalized spacial score (nSPS) is 11.3. The van der Waals surface area contributed by atoms with Crippen molar-refractivity contribution in [2.75, 3.05) is 0 Å². The Hall–Kier alpha value is -7.23. The van der Waals surface area contributed by atoms with Gasteiger partial charge in [-0.15, -0.1) is 0 Å². The third kappa shape index (κ3) is 5.69. The van der Waals surface area contributed by atoms with Gasteiger partial charge in [-0.05, 0) is 83.9 Å². The van der Waals surface area contributed by atoms with Crippen LogP contribution in [0.1, 0.15) is 0 Å². The first kappa shape index (κ1) is 31.5. The Morgan fingerprint density at radius 3 is 1.35 bits per heavy atom. The van der Waals surface area contributed by atoms with Crippen molar-refractivity contribution in [1.29, 1.82) is 0 Å². The van der Waals surface area contributed by atoms with Crippen LogP contribution < -0.4 is 0 Å². The van der Waals surface area contributed by atoms with Crippen molar-refractivity contribution in [2.24, 2.45) is 0 Å². The molecule has 9 aromatic carbocycles. The van der Waals surface area contributed by atoms with Gasteiger partial charge in [0.25, 0.3) is 0 Å². The lowest BCUT2D eigenvalue weighted by Gasteiger charge is -2.15. The van der Waals surface area contributed by atoms with Gasteiger partial charge in [-0.3, -0.25) is 0 Å². The molecule has 3 heteroatoms. The summed E-state index contributed by atoms with van der Waals surface area (Å²) in [4.78, 5) is 15.8. The topological polar surface area (TPSA) is 38.7 Å². The van der Waals surface area contributed by atoms with E-state index in [2.05, 4.69) is 200 Å². The fraction of sp³-hybridized carbons (Fsp3) is 0. The molecule has 252 valence electrons. The summed E-state index contributed by atoms with van der Waals surface area (Å²) in [5, 5.41) is 6.96. The van der Waals surface area contributed by atoms with E-state index in [-0.39, 0.29) is 0 Å². The molecule has 0 aliphatic heterocycles. The Labute approximate surface area is 313 Å². The minimum absolute atomic E-state index is 0.627. The van der Waals surface area contributed by atoms with Crippen LogP contribution in [0.4, 0.5) is 0 Å². The zero-order chi connectivity index (χ0) is 35.8. The molecule has 0 amide bonds. The number of benzene rings is 9. The zero-order valence-electron chi connectivity index (χ0n) is 29.4. The van der Waals surface area contributed by atoms with Gasteiger partial charge < -0.3 is 0 Å². The summed E-state index contributed by atoms with van der Waals surface area (Å²) < 4.78 is 0. The minimum Gasteiger partial charge on any atom is -0.208 e. The Kier molecular flexibility index (Phi) is 7.81. The van der Waals surface area contributed by atoms with E-state index in [1.807, 2.05) is 0 Å². The molecule has 0 atom stereocenters. The van der Waals surface area contributed by atoms with E-state index in [1.165, 1.54) is 27.3 Å². The molecular weight excluding hydrogens is 655 g/mol. The molecule has 0 bridgehead atoms. The van der Waals surface area contributed by atoms with Crippen LogP contribution in [-0.4, -0.2) is 15.0 Å². The molecule has 1 heterocycles. The van der Waals surface area contributed by atoms with Crippen molar-refractivity contribution >= 4 is 32.3 Å². The predicted octanol–water partition coefficient (Wildman–Crippen LogP) is 13.3. The molecule has 0 radical (unpaired) electrons. The van der Waals surface area contributed by atoms with E-state index in [1.54, 1.807) is 0 Å². The lowest BCUT2D eigenvalue weighted by atomic mass is 9.91. The summed E-state index contributed by atoms with van der Waals surface area (Å²) in [5.41, 5.74) is 9.74. The molecule has 10 rings (SSSR count). The Bertz CT molecular complexity index is 2980. The first-order chi connectivity index (χ1) is 26.8. The summed E-state index contributed by atoms with van der Waals surface area (Å²) in [6.45, 7) is 0. The van der Waals surface area contributed by atoms with Gasteiger partial charge in [0.2, 0.25) is 0 Å². The fourth-order valence-corrected chi connectivity index (χ4v) is 7.69. The van der Waals surface area contributed by atoms with Gasteiger partial charge in [-0.1, -0.05) is 182 Å². The van der Waals surface area contributed by atoms with E-state index < -0.39 is 0 Å². The standard InChI is InChI=1S/C51H33N3/c1-3-15-34(16-4-1)42-29-30-43(45-27-12-11-26-44(42)45)39-23-13-24-40(31-39)49-52-50(46-28-14-22-35-19-9-10-25-41(35)46)54-51(53-49)48-33-38-21-8-7-20-37(38)32-47(48)36-17-5-2-6-18-36/h1-33H. The fourth-order valence-electron chi connectivity index (χ4n) is 7.69. The smallest absolute Gasteiger partial charge is 0.164 e. The van der Waals surface area contributed by atoms with Gasteiger partial charge in [0, 0.05) is 16.7 Å². The number of fused-ring (bicyclic) bond motifs is 3. The highest BCUT2D eigenvalue weighted by Gasteiger charge is 2.19. The number of nitrogens with zero attached hydrogens (tertiary/aromatic N) is 3. The molecule has 3 nitrogen and oxygen atoms in total. The van der Waals surface area contributed by atoms with E-state index >= 15 is 0 Å². The zero-order valence-corrected chi connectivity index (χ0v) is 29.4. The van der Waals surface area contributed by atoms with E-state index in [0.717, 1.165) is 55.1 Å². The maximum absolute atomic E-state index is 5.30. The molecule has 0 saturated carbocycles. The van der Waals surface area contributed by atoms with Crippen LogP contribution >= 0.6 is 0 Å². The molecule has 0 aliphatic rings. The Balaban J connectivity index is 1.19. The average Bonchev–Trinajstić information content (AvgIpc) is 3.26. The number of hydrogen-bond acceptors (Lipinski definition) is 3. The second kappa shape index (κ2) is 13.4. The molecular formula is C51H33N3. The lowest BCUT2D eigenvalue weighted by Crippen LogP contribution is -2.02. The van der Waals surface area contributed by atoms with Crippen molar-refractivity contribution in [3.63, 3.8) is 0 Å². The van der Waals surface area contributed by atoms with Crippen LogP contribution in [0, 0.1) is 0 Å². The molecule has 0 unspecified atom stereocenters. The van der Waals surface area contributed by atoms with Crippen LogP contribution in [-0.2, 0) is 0 Å². The van der Waals surface area contributed by atoms with Crippen LogP contribution in [0.3, 0.4) is 0 Å². The van der Waals surface area contributed by atoms with Gasteiger partial charge in [0.15, 0.2) is 17.5 Å². The maximum atomic E-state index is 5.30. The summed E-state index contributed by atoms with van der Waals surface area (Å²) >= 11 is 0. The molecule has 0 aliphatic carbocycles. The third-order valence-electron chi connectivity index (χ3n) is 10.3. The monoisotopic (exact) mass is 687 g/mol. The van der Waals surface area contributed by atoms with Crippen molar-refractivity contribution in [3.8, 4) is 67.5 Å². The van der Waals surface area contributed by atoms with Gasteiger partial charge in [0.1, 0.15) is 0 Å². The quantitative estimate of drug-likeness (QED) is 0.175. The van der Waals surface area contributed by atoms with Gasteiger partial charge in [-0.2, -0.15) is 0 Å². The molecule has 10 aromatic rings. The molecule has 0 fully saturated rings. The highest BCUT2D eigenvalue weighted by atomic mass is 15.0. The number of aromatic nitrogens is 3. The number of hydrogen-bond donors (Lipinski definition) is 0. The molecule has 0 spiro atoms. The third-order valence-corrected chi connectivity index (χ3v) is 10.3. The summed E-state index contributed by atoms with van der Waals surface area (Å²) in [6, 6.07) is 70.6. The largest absolute Gasteiger partial charge is 0.208 e. The lowest BCUT2D eigenvalue weighted by molar-refractivity contribution is 1.08. The maximum Gasteiger partial charge on any atom is 0.164 e. The number of rotatable bonds is 6. The Morgan fingerprint density at radius 1 is 0.222 bits per heavy atom. The van der Waals surface area contributed by atoms with Crippen molar-refractivity contribution < 1.29 is 0 Å². The summed E-state index contributed by atoms with van der Waals surface area (Å²) in [5.74, 6) is 1.90. The second-order valence-electron chi connectivity index (χ2n) is 13.6. The minimum atomic E-state index is 0.627. The predicted molar refractivity (Wildman–Crippen MR) is 225 cm³/mol. The average molecular weight is 688 g/mol. The van der Waals surface area contributed by atoms with E-state index in [4.69, 9.17) is 15.0 Å². The highest BCUT2D eigenvalue weighted by Crippen LogP contribution is 2.39. The SMILES string of the molecule is c1ccc(-c2cc3ccccc3cc2-c2nc(-c3cccc(-c4ccc(-c5ccccc5)c5ccccc45)c3)nc(-c3cccc4ccccc34)n2)cc1. The van der Waals surface area contributed by atoms with Crippen LogP contribution in [0.5, 0.6) is 0 Å². The van der Waals surface area contributed by atoms with E-state index in [9.17, 15) is 0 Å². The molecule has 1 aromatic heterocycles. The molecule has 54 heavy (non-hydrogen) atoms. The van der Waals surface area contributed by atoms with Crippen LogP contribution in [0.2, 0.25) is 0 Å². The second-order valence-corrected chi connectivity index (χ2v) is 13.6. The highest BCUT2D eigenvalue weighted by molar-refractivity contribution is 6.05. The molecule has 0 N–H and O–H groups in total. The van der Waals surface area contributed by atoms with Crippen molar-refractivity contribution in [3.05, 3.63) is 200 Å². The van der Waals surface area contributed by atoms with Gasteiger partial charge >= 0.3 is 0 Å². The Morgan fingerprint density at radius 2 is 0.667 bits per heavy atom. The van der Waals surface area contributed by atoms with Gasteiger partial charge in [-0.25, -0.2) is 15.0 Å². The summed E-state index contributed by atoms with van der Waals surface area (Å²) in [7, 11) is 0. The van der Waals surface area contributed by atoms with E-state index in [0.29, 0.717) is 17.5 Å². The van der Waals surface area contributed by atoms with Gasteiger partial charge in [0.05, 0.1) is 0 Å². The first-order valence-corrected chi connectivity index (χ1v) is 18.3. The van der Waals surface area contributed by atoms with Crippen LogP contribution in [0.15, 0.2) is 200 Å².